The van der Waals surface area contributed by atoms with Gasteiger partial charge in [-0.1, -0.05) is 18.2 Å². The molecule has 3 heterocycles. The van der Waals surface area contributed by atoms with Gasteiger partial charge in [-0.15, -0.1) is 0 Å². The fourth-order valence-corrected chi connectivity index (χ4v) is 3.28. The summed E-state index contributed by atoms with van der Waals surface area (Å²) in [5, 5.41) is 3.08. The van der Waals surface area contributed by atoms with E-state index in [1.807, 2.05) is 30.3 Å². The molecule has 2 aliphatic rings. The van der Waals surface area contributed by atoms with E-state index in [0.717, 1.165) is 25.2 Å². The van der Waals surface area contributed by atoms with Crippen LogP contribution in [0.4, 0.5) is 0 Å². The van der Waals surface area contributed by atoms with Gasteiger partial charge in [-0.3, -0.25) is 4.79 Å². The van der Waals surface area contributed by atoms with Gasteiger partial charge in [-0.05, 0) is 31.0 Å². The fraction of sp³-hybridized carbons (Fsp3) is 0.375. The Morgan fingerprint density at radius 2 is 2.14 bits per heavy atom. The molecule has 2 fully saturated rings. The summed E-state index contributed by atoms with van der Waals surface area (Å²) in [5.74, 6) is 1.19. The molecule has 1 amide bonds. The smallest absolute Gasteiger partial charge is 0.289 e. The number of piperidine rings is 1. The van der Waals surface area contributed by atoms with Crippen molar-refractivity contribution in [2.45, 2.75) is 12.5 Å². The van der Waals surface area contributed by atoms with Crippen molar-refractivity contribution in [2.75, 3.05) is 19.6 Å². The van der Waals surface area contributed by atoms with Crippen molar-refractivity contribution in [3.8, 4) is 11.5 Å². The van der Waals surface area contributed by atoms with Crippen molar-refractivity contribution >= 4 is 5.91 Å². The zero-order valence-corrected chi connectivity index (χ0v) is 11.7. The van der Waals surface area contributed by atoms with Crippen LogP contribution >= 0.6 is 0 Å². The number of hydrogen-bond donors (Lipinski definition) is 1. The highest BCUT2D eigenvalue weighted by Gasteiger charge is 2.39. The van der Waals surface area contributed by atoms with Crippen molar-refractivity contribution in [3.05, 3.63) is 42.3 Å². The third-order valence-corrected chi connectivity index (χ3v) is 4.40. The number of benzene rings is 1. The standard InChI is InChI=1S/C16H17N3O2/c20-15(18-13-10-19-7-6-12(13)9-19)14-8-17-16(21-14)11-4-2-1-3-5-11/h1-5,8,12-13H,6-7,9-10H2,(H,18,20)/t12-,13-/m0/s1. The number of rotatable bonds is 3. The molecule has 1 N–H and O–H groups in total. The van der Waals surface area contributed by atoms with Crippen molar-refractivity contribution in [3.63, 3.8) is 0 Å². The molecule has 0 radical (unpaired) electrons. The first-order chi connectivity index (χ1) is 10.3. The Labute approximate surface area is 123 Å². The largest absolute Gasteiger partial charge is 0.431 e. The Hall–Kier alpha value is -2.14. The first-order valence-electron chi connectivity index (χ1n) is 7.34. The molecular weight excluding hydrogens is 266 g/mol. The SMILES string of the molecule is O=C(N[C@H]1CN2CC[C@H]1C2)c1cnc(-c2ccccc2)o1. The number of carbonyl (C=O) groups is 1. The Kier molecular flexibility index (Phi) is 3.00. The number of hydrogen-bond acceptors (Lipinski definition) is 4. The van der Waals surface area contributed by atoms with E-state index in [-0.39, 0.29) is 17.7 Å². The molecule has 1 aromatic carbocycles. The molecule has 1 unspecified atom stereocenters. The average molecular weight is 283 g/mol. The van der Waals surface area contributed by atoms with Crippen LogP contribution in [0.1, 0.15) is 17.0 Å². The maximum Gasteiger partial charge on any atom is 0.289 e. The summed E-state index contributed by atoms with van der Waals surface area (Å²) >= 11 is 0. The molecule has 4 rings (SSSR count). The summed E-state index contributed by atoms with van der Waals surface area (Å²) in [5.41, 5.74) is 0.877. The molecule has 2 aliphatic heterocycles. The Morgan fingerprint density at radius 1 is 1.29 bits per heavy atom. The van der Waals surface area contributed by atoms with Gasteiger partial charge in [0, 0.05) is 24.7 Å². The average Bonchev–Trinajstić information content (AvgIpc) is 3.24. The summed E-state index contributed by atoms with van der Waals surface area (Å²) in [4.78, 5) is 18.8. The van der Waals surface area contributed by atoms with Gasteiger partial charge < -0.3 is 14.6 Å². The highest BCUT2D eigenvalue weighted by atomic mass is 16.4. The minimum Gasteiger partial charge on any atom is -0.431 e. The second kappa shape index (κ2) is 5.00. The van der Waals surface area contributed by atoms with Gasteiger partial charge in [0.25, 0.3) is 5.91 Å². The van der Waals surface area contributed by atoms with Crippen molar-refractivity contribution in [2.24, 2.45) is 5.92 Å². The Morgan fingerprint density at radius 3 is 2.86 bits per heavy atom. The fourth-order valence-electron chi connectivity index (χ4n) is 3.28. The molecule has 5 nitrogen and oxygen atoms in total. The normalized spacial score (nSPS) is 27.0. The highest BCUT2D eigenvalue weighted by molar-refractivity contribution is 5.91. The maximum atomic E-state index is 12.3. The van der Waals surface area contributed by atoms with E-state index in [2.05, 4.69) is 15.2 Å². The lowest BCUT2D eigenvalue weighted by Gasteiger charge is -2.22. The summed E-state index contributed by atoms with van der Waals surface area (Å²) < 4.78 is 5.59. The summed E-state index contributed by atoms with van der Waals surface area (Å²) in [6.07, 6.45) is 2.68. The predicted molar refractivity (Wildman–Crippen MR) is 77.7 cm³/mol. The lowest BCUT2D eigenvalue weighted by Crippen LogP contribution is -2.43. The van der Waals surface area contributed by atoms with E-state index in [9.17, 15) is 4.79 Å². The third-order valence-electron chi connectivity index (χ3n) is 4.40. The van der Waals surface area contributed by atoms with E-state index < -0.39 is 0 Å². The van der Waals surface area contributed by atoms with E-state index >= 15 is 0 Å². The van der Waals surface area contributed by atoms with Gasteiger partial charge in [-0.25, -0.2) is 4.98 Å². The number of aromatic nitrogens is 1. The lowest BCUT2D eigenvalue weighted by molar-refractivity contribution is 0.0897. The van der Waals surface area contributed by atoms with Gasteiger partial charge in [0.15, 0.2) is 0 Å². The molecule has 21 heavy (non-hydrogen) atoms. The number of fused-ring (bicyclic) bond motifs is 2. The quantitative estimate of drug-likeness (QED) is 0.932. The minimum atomic E-state index is -0.163. The van der Waals surface area contributed by atoms with Crippen LogP contribution in [0.3, 0.4) is 0 Å². The lowest BCUT2D eigenvalue weighted by atomic mass is 10.00. The van der Waals surface area contributed by atoms with Crippen molar-refractivity contribution in [1.29, 1.82) is 0 Å². The van der Waals surface area contributed by atoms with Crippen LogP contribution < -0.4 is 5.32 Å². The molecule has 0 spiro atoms. The van der Waals surface area contributed by atoms with Crippen LogP contribution in [-0.4, -0.2) is 41.5 Å². The first kappa shape index (κ1) is 12.6. The molecule has 1 aromatic heterocycles. The van der Waals surface area contributed by atoms with E-state index in [4.69, 9.17) is 4.42 Å². The van der Waals surface area contributed by atoms with E-state index in [0.29, 0.717) is 11.8 Å². The molecule has 3 atom stereocenters. The van der Waals surface area contributed by atoms with Crippen LogP contribution in [0.2, 0.25) is 0 Å². The first-order valence-corrected chi connectivity index (χ1v) is 7.34. The van der Waals surface area contributed by atoms with Crippen LogP contribution in [0.15, 0.2) is 40.9 Å². The molecule has 108 valence electrons. The molecule has 0 saturated carbocycles. The highest BCUT2D eigenvalue weighted by Crippen LogP contribution is 2.28. The second-order valence-electron chi connectivity index (χ2n) is 5.78. The number of nitrogens with zero attached hydrogens (tertiary/aromatic N) is 2. The zero-order valence-electron chi connectivity index (χ0n) is 11.7. The van der Waals surface area contributed by atoms with E-state index in [1.54, 1.807) is 0 Å². The van der Waals surface area contributed by atoms with Gasteiger partial charge in [0.2, 0.25) is 11.7 Å². The monoisotopic (exact) mass is 283 g/mol. The third kappa shape index (κ3) is 2.34. The van der Waals surface area contributed by atoms with Crippen LogP contribution in [0.5, 0.6) is 0 Å². The molecule has 2 saturated heterocycles. The van der Waals surface area contributed by atoms with Crippen LogP contribution in [0, 0.1) is 5.92 Å². The summed E-state index contributed by atoms with van der Waals surface area (Å²) in [7, 11) is 0. The Bertz CT molecular complexity index is 653. The number of oxazole rings is 1. The molecule has 5 heteroatoms. The number of nitrogens with one attached hydrogen (secondary N) is 1. The van der Waals surface area contributed by atoms with Gasteiger partial charge in [0.05, 0.1) is 6.20 Å². The summed E-state index contributed by atoms with van der Waals surface area (Å²) in [6, 6.07) is 9.85. The molecule has 2 aromatic rings. The van der Waals surface area contributed by atoms with Gasteiger partial charge in [-0.2, -0.15) is 0 Å². The van der Waals surface area contributed by atoms with Gasteiger partial charge >= 0.3 is 0 Å². The minimum absolute atomic E-state index is 0.163. The number of amides is 1. The molecule has 0 aliphatic carbocycles. The summed E-state index contributed by atoms with van der Waals surface area (Å²) in [6.45, 7) is 3.23. The zero-order chi connectivity index (χ0) is 14.2. The second-order valence-corrected chi connectivity index (χ2v) is 5.78. The maximum absolute atomic E-state index is 12.3. The van der Waals surface area contributed by atoms with Crippen LogP contribution in [0.25, 0.3) is 11.5 Å². The predicted octanol–water partition coefficient (Wildman–Crippen LogP) is 1.78. The topological polar surface area (TPSA) is 58.4 Å². The molecular formula is C16H17N3O2. The molecule has 2 bridgehead atoms. The Balaban J connectivity index is 1.47. The van der Waals surface area contributed by atoms with Crippen LogP contribution in [-0.2, 0) is 0 Å². The van der Waals surface area contributed by atoms with Crippen molar-refractivity contribution in [1.82, 2.24) is 15.2 Å². The van der Waals surface area contributed by atoms with E-state index in [1.165, 1.54) is 12.6 Å². The van der Waals surface area contributed by atoms with Crippen molar-refractivity contribution < 1.29 is 9.21 Å². The van der Waals surface area contributed by atoms with Gasteiger partial charge in [0.1, 0.15) is 0 Å². The number of carbonyl (C=O) groups excluding carboxylic acids is 1.